The molecule has 0 N–H and O–H groups in total. The van der Waals surface area contributed by atoms with E-state index in [2.05, 4.69) is 28.1 Å². The molecular formula is C14H18ClN3. The van der Waals surface area contributed by atoms with Gasteiger partial charge in [0.2, 0.25) is 0 Å². The molecule has 4 heteroatoms. The fourth-order valence-corrected chi connectivity index (χ4v) is 2.25. The van der Waals surface area contributed by atoms with Crippen molar-refractivity contribution in [1.29, 1.82) is 0 Å². The van der Waals surface area contributed by atoms with Gasteiger partial charge in [0.15, 0.2) is 0 Å². The van der Waals surface area contributed by atoms with Gasteiger partial charge in [-0.1, -0.05) is 31.5 Å². The van der Waals surface area contributed by atoms with Gasteiger partial charge in [-0.25, -0.2) is 0 Å². The van der Waals surface area contributed by atoms with Gasteiger partial charge in [0, 0.05) is 24.4 Å². The molecule has 0 radical (unpaired) electrons. The number of anilines is 1. The molecule has 0 amide bonds. The molecule has 0 unspecified atom stereocenters. The highest BCUT2D eigenvalue weighted by Gasteiger charge is 2.10. The molecule has 96 valence electrons. The van der Waals surface area contributed by atoms with Crippen molar-refractivity contribution in [3.05, 3.63) is 30.5 Å². The van der Waals surface area contributed by atoms with Crippen molar-refractivity contribution in [2.24, 2.45) is 0 Å². The highest BCUT2D eigenvalue weighted by atomic mass is 35.5. The van der Waals surface area contributed by atoms with Crippen LogP contribution in [0.3, 0.4) is 0 Å². The van der Waals surface area contributed by atoms with Gasteiger partial charge in [0.25, 0.3) is 0 Å². The lowest BCUT2D eigenvalue weighted by Gasteiger charge is -2.24. The number of unbranched alkanes of at least 4 members (excludes halogenated alkanes) is 1. The molecule has 2 rings (SSSR count). The summed E-state index contributed by atoms with van der Waals surface area (Å²) in [6.45, 7) is 4.05. The van der Waals surface area contributed by atoms with E-state index in [9.17, 15) is 0 Å². The van der Waals surface area contributed by atoms with E-state index in [0.717, 1.165) is 36.1 Å². The first kappa shape index (κ1) is 13.1. The van der Waals surface area contributed by atoms with Gasteiger partial charge < -0.3 is 4.90 Å². The number of hydrogen-bond donors (Lipinski definition) is 0. The summed E-state index contributed by atoms with van der Waals surface area (Å²) in [4.78, 5) is 2.30. The van der Waals surface area contributed by atoms with Crippen LogP contribution >= 0.6 is 11.6 Å². The maximum Gasteiger partial charge on any atom is 0.0950 e. The number of nitrogens with zero attached hydrogens (tertiary/aromatic N) is 3. The van der Waals surface area contributed by atoms with E-state index >= 15 is 0 Å². The van der Waals surface area contributed by atoms with Crippen molar-refractivity contribution in [2.75, 3.05) is 23.9 Å². The highest BCUT2D eigenvalue weighted by Crippen LogP contribution is 2.24. The lowest BCUT2D eigenvalue weighted by molar-refractivity contribution is 0.733. The molecule has 1 heterocycles. The summed E-state index contributed by atoms with van der Waals surface area (Å²) in [5.41, 5.74) is 2.07. The molecular weight excluding hydrogens is 246 g/mol. The quantitative estimate of drug-likeness (QED) is 0.748. The van der Waals surface area contributed by atoms with Crippen molar-refractivity contribution < 1.29 is 0 Å². The van der Waals surface area contributed by atoms with E-state index in [-0.39, 0.29) is 0 Å². The first-order valence-corrected chi connectivity index (χ1v) is 6.91. The zero-order valence-electron chi connectivity index (χ0n) is 10.6. The smallest absolute Gasteiger partial charge is 0.0950 e. The van der Waals surface area contributed by atoms with Crippen LogP contribution < -0.4 is 4.90 Å². The number of aromatic nitrogens is 2. The van der Waals surface area contributed by atoms with Crippen molar-refractivity contribution in [2.45, 2.75) is 19.8 Å². The summed E-state index contributed by atoms with van der Waals surface area (Å²) in [5.74, 6) is 0.625. The standard InChI is InChI=1S/C14H18ClN3/c1-2-3-9-18(10-8-15)14-11-16-17-13-7-5-4-6-12(13)14/h4-7,11H,2-3,8-10H2,1H3. The summed E-state index contributed by atoms with van der Waals surface area (Å²) < 4.78 is 0. The number of rotatable bonds is 6. The van der Waals surface area contributed by atoms with Gasteiger partial charge in [-0.15, -0.1) is 11.6 Å². The molecule has 0 saturated heterocycles. The first-order valence-electron chi connectivity index (χ1n) is 6.38. The highest BCUT2D eigenvalue weighted by molar-refractivity contribution is 6.18. The Labute approximate surface area is 113 Å². The number of halogens is 1. The Balaban J connectivity index is 2.36. The zero-order valence-corrected chi connectivity index (χ0v) is 11.4. The van der Waals surface area contributed by atoms with E-state index in [1.165, 1.54) is 6.42 Å². The second-order valence-corrected chi connectivity index (χ2v) is 4.65. The fraction of sp³-hybridized carbons (Fsp3) is 0.429. The Bertz CT molecular complexity index is 496. The van der Waals surface area contributed by atoms with Gasteiger partial charge in [-0.05, 0) is 12.5 Å². The van der Waals surface area contributed by atoms with E-state index in [0.29, 0.717) is 5.88 Å². The molecule has 0 spiro atoms. The van der Waals surface area contributed by atoms with Gasteiger partial charge in [-0.2, -0.15) is 10.2 Å². The van der Waals surface area contributed by atoms with Crippen molar-refractivity contribution in [1.82, 2.24) is 10.2 Å². The van der Waals surface area contributed by atoms with E-state index in [4.69, 9.17) is 11.6 Å². The zero-order chi connectivity index (χ0) is 12.8. The molecule has 1 aromatic carbocycles. The monoisotopic (exact) mass is 263 g/mol. The van der Waals surface area contributed by atoms with Crippen LogP contribution in [0.1, 0.15) is 19.8 Å². The molecule has 0 fully saturated rings. The molecule has 0 aliphatic carbocycles. The van der Waals surface area contributed by atoms with Crippen LogP contribution in [0.15, 0.2) is 30.5 Å². The minimum absolute atomic E-state index is 0.625. The maximum atomic E-state index is 5.90. The molecule has 18 heavy (non-hydrogen) atoms. The number of fused-ring (bicyclic) bond motifs is 1. The van der Waals surface area contributed by atoms with Gasteiger partial charge in [-0.3, -0.25) is 0 Å². The lowest BCUT2D eigenvalue weighted by atomic mass is 10.2. The number of hydrogen-bond acceptors (Lipinski definition) is 3. The second-order valence-electron chi connectivity index (χ2n) is 4.28. The van der Waals surface area contributed by atoms with Crippen molar-refractivity contribution in [3.63, 3.8) is 0 Å². The summed E-state index contributed by atoms with van der Waals surface area (Å²) in [6, 6.07) is 8.10. The van der Waals surface area contributed by atoms with E-state index in [1.54, 1.807) is 0 Å². The molecule has 3 nitrogen and oxygen atoms in total. The predicted octanol–water partition coefficient (Wildman–Crippen LogP) is 3.48. The topological polar surface area (TPSA) is 29.0 Å². The largest absolute Gasteiger partial charge is 0.368 e. The summed E-state index contributed by atoms with van der Waals surface area (Å²) in [5, 5.41) is 9.39. The molecule has 0 bridgehead atoms. The van der Waals surface area contributed by atoms with Crippen LogP contribution in [0, 0.1) is 0 Å². The van der Waals surface area contributed by atoms with E-state index in [1.807, 2.05) is 24.4 Å². The van der Waals surface area contributed by atoms with Crippen molar-refractivity contribution >= 4 is 28.2 Å². The molecule has 1 aromatic heterocycles. The van der Waals surface area contributed by atoms with Crippen LogP contribution in [0.4, 0.5) is 5.69 Å². The third-order valence-electron chi connectivity index (χ3n) is 3.00. The van der Waals surface area contributed by atoms with Crippen LogP contribution in [0.25, 0.3) is 10.9 Å². The number of benzene rings is 1. The Morgan fingerprint density at radius 3 is 2.83 bits per heavy atom. The van der Waals surface area contributed by atoms with Crippen molar-refractivity contribution in [3.8, 4) is 0 Å². The Hall–Kier alpha value is -1.35. The third-order valence-corrected chi connectivity index (χ3v) is 3.17. The normalized spacial score (nSPS) is 10.8. The Kier molecular flexibility index (Phi) is 4.76. The molecule has 0 aliphatic rings. The minimum atomic E-state index is 0.625. The van der Waals surface area contributed by atoms with Crippen LogP contribution in [0.2, 0.25) is 0 Å². The van der Waals surface area contributed by atoms with Crippen LogP contribution in [-0.4, -0.2) is 29.2 Å². The van der Waals surface area contributed by atoms with Gasteiger partial charge in [0.05, 0.1) is 17.4 Å². The van der Waals surface area contributed by atoms with Gasteiger partial charge in [0.1, 0.15) is 0 Å². The molecule has 0 saturated carbocycles. The molecule has 0 aliphatic heterocycles. The summed E-state index contributed by atoms with van der Waals surface area (Å²) in [6.07, 6.45) is 4.17. The maximum absolute atomic E-state index is 5.90. The van der Waals surface area contributed by atoms with Crippen LogP contribution in [-0.2, 0) is 0 Å². The lowest BCUT2D eigenvalue weighted by Crippen LogP contribution is -2.27. The summed E-state index contributed by atoms with van der Waals surface area (Å²) >= 11 is 5.90. The fourth-order valence-electron chi connectivity index (χ4n) is 2.05. The first-order chi connectivity index (χ1) is 8.86. The Morgan fingerprint density at radius 2 is 2.06 bits per heavy atom. The SMILES string of the molecule is CCCCN(CCCl)c1cnnc2ccccc12. The van der Waals surface area contributed by atoms with Gasteiger partial charge >= 0.3 is 0 Å². The minimum Gasteiger partial charge on any atom is -0.368 e. The third kappa shape index (κ3) is 2.91. The second kappa shape index (κ2) is 6.55. The Morgan fingerprint density at radius 1 is 1.22 bits per heavy atom. The van der Waals surface area contributed by atoms with E-state index < -0.39 is 0 Å². The predicted molar refractivity (Wildman–Crippen MR) is 77.4 cm³/mol. The molecule has 2 aromatic rings. The number of alkyl halides is 1. The summed E-state index contributed by atoms with van der Waals surface area (Å²) in [7, 11) is 0. The molecule has 0 atom stereocenters. The average molecular weight is 264 g/mol. The van der Waals surface area contributed by atoms with Crippen LogP contribution in [0.5, 0.6) is 0 Å². The average Bonchev–Trinajstić information content (AvgIpc) is 2.43.